The normalized spacial score (nSPS) is 10.5. The lowest BCUT2D eigenvalue weighted by atomic mass is 10.2. The van der Waals surface area contributed by atoms with Crippen molar-refractivity contribution in [2.75, 3.05) is 6.54 Å². The number of aromatic nitrogens is 1. The largest absolute Gasteiger partial charge is 0.481 e. The second-order valence-electron chi connectivity index (χ2n) is 4.60. The molecule has 0 aliphatic carbocycles. The van der Waals surface area contributed by atoms with Crippen molar-refractivity contribution in [3.05, 3.63) is 34.2 Å². The average molecular weight is 266 g/mol. The fourth-order valence-corrected chi connectivity index (χ4v) is 1.66. The topological polar surface area (TPSA) is 79.6 Å². The number of carboxylic acid groups (broad SMARTS) is 1. The Morgan fingerprint density at radius 1 is 1.42 bits per heavy atom. The first-order valence-electron chi connectivity index (χ1n) is 6.02. The van der Waals surface area contributed by atoms with E-state index in [1.54, 1.807) is 27.0 Å². The van der Waals surface area contributed by atoms with Crippen molar-refractivity contribution >= 4 is 11.9 Å². The van der Waals surface area contributed by atoms with E-state index in [2.05, 4.69) is 0 Å². The molecule has 0 aliphatic heterocycles. The Balaban J connectivity index is 2.95. The highest BCUT2D eigenvalue weighted by Gasteiger charge is 2.19. The molecule has 1 heterocycles. The number of carbonyl (C=O) groups is 2. The second-order valence-corrected chi connectivity index (χ2v) is 4.60. The maximum Gasteiger partial charge on any atom is 0.305 e. The molecule has 0 radical (unpaired) electrons. The Morgan fingerprint density at radius 2 is 2.05 bits per heavy atom. The molecule has 0 aromatic carbocycles. The first-order chi connectivity index (χ1) is 8.82. The Bertz CT molecular complexity index is 534. The van der Waals surface area contributed by atoms with Gasteiger partial charge in [-0.25, -0.2) is 0 Å². The molecule has 1 amide bonds. The summed E-state index contributed by atoms with van der Waals surface area (Å²) in [7, 11) is 1.60. The molecule has 0 saturated carbocycles. The van der Waals surface area contributed by atoms with Gasteiger partial charge in [0.1, 0.15) is 0 Å². The summed E-state index contributed by atoms with van der Waals surface area (Å²) in [6.45, 7) is 3.74. The Morgan fingerprint density at radius 3 is 2.53 bits per heavy atom. The van der Waals surface area contributed by atoms with Gasteiger partial charge in [0.15, 0.2) is 0 Å². The first kappa shape index (κ1) is 14.9. The lowest BCUT2D eigenvalue weighted by molar-refractivity contribution is -0.137. The number of hydrogen-bond donors (Lipinski definition) is 1. The third kappa shape index (κ3) is 3.94. The number of aryl methyl sites for hydroxylation is 1. The quantitative estimate of drug-likeness (QED) is 0.851. The Hall–Kier alpha value is -2.11. The molecule has 104 valence electrons. The minimum Gasteiger partial charge on any atom is -0.481 e. The van der Waals surface area contributed by atoms with E-state index >= 15 is 0 Å². The highest BCUT2D eigenvalue weighted by atomic mass is 16.4. The summed E-state index contributed by atoms with van der Waals surface area (Å²) in [4.78, 5) is 35.8. The SMILES string of the molecule is CC(C)N(CCC(=O)O)C(=O)c1ccn(C)c(=O)c1. The Kier molecular flexibility index (Phi) is 4.86. The van der Waals surface area contributed by atoms with Crippen molar-refractivity contribution in [2.45, 2.75) is 26.3 Å². The molecule has 1 aromatic heterocycles. The van der Waals surface area contributed by atoms with Crippen molar-refractivity contribution in [3.63, 3.8) is 0 Å². The van der Waals surface area contributed by atoms with Crippen LogP contribution >= 0.6 is 0 Å². The van der Waals surface area contributed by atoms with Gasteiger partial charge in [-0.05, 0) is 19.9 Å². The number of hydrogen-bond acceptors (Lipinski definition) is 3. The van der Waals surface area contributed by atoms with Gasteiger partial charge in [0, 0.05) is 37.5 Å². The second kappa shape index (κ2) is 6.17. The number of pyridine rings is 1. The van der Waals surface area contributed by atoms with Gasteiger partial charge in [-0.15, -0.1) is 0 Å². The molecule has 1 N–H and O–H groups in total. The van der Waals surface area contributed by atoms with Crippen LogP contribution in [0.5, 0.6) is 0 Å². The van der Waals surface area contributed by atoms with E-state index in [0.29, 0.717) is 0 Å². The van der Waals surface area contributed by atoms with Crippen LogP contribution in [0.4, 0.5) is 0 Å². The molecule has 6 heteroatoms. The first-order valence-corrected chi connectivity index (χ1v) is 6.02. The molecular weight excluding hydrogens is 248 g/mol. The molecule has 0 saturated heterocycles. The lowest BCUT2D eigenvalue weighted by Crippen LogP contribution is -2.39. The minimum absolute atomic E-state index is 0.116. The third-order valence-corrected chi connectivity index (χ3v) is 2.80. The standard InChI is InChI=1S/C13H18N2O4/c1-9(2)15(7-5-12(17)18)13(19)10-4-6-14(3)11(16)8-10/h4,6,8-9H,5,7H2,1-3H3,(H,17,18). The Labute approximate surface area is 111 Å². The van der Waals surface area contributed by atoms with Crippen molar-refractivity contribution in [2.24, 2.45) is 7.05 Å². The fraction of sp³-hybridized carbons (Fsp3) is 0.462. The molecule has 6 nitrogen and oxygen atoms in total. The van der Waals surface area contributed by atoms with Crippen molar-refractivity contribution in [1.82, 2.24) is 9.47 Å². The van der Waals surface area contributed by atoms with Crippen LogP contribution in [0.3, 0.4) is 0 Å². The van der Waals surface area contributed by atoms with Crippen LogP contribution < -0.4 is 5.56 Å². The van der Waals surface area contributed by atoms with Gasteiger partial charge >= 0.3 is 5.97 Å². The van der Waals surface area contributed by atoms with Crippen molar-refractivity contribution in [1.29, 1.82) is 0 Å². The van der Waals surface area contributed by atoms with Crippen molar-refractivity contribution < 1.29 is 14.7 Å². The van der Waals surface area contributed by atoms with Crippen LogP contribution in [0.25, 0.3) is 0 Å². The molecule has 0 atom stereocenters. The molecule has 0 bridgehead atoms. The number of carbonyl (C=O) groups excluding carboxylic acids is 1. The average Bonchev–Trinajstić information content (AvgIpc) is 2.31. The molecule has 1 aromatic rings. The third-order valence-electron chi connectivity index (χ3n) is 2.80. The molecule has 0 unspecified atom stereocenters. The van der Waals surface area contributed by atoms with Crippen LogP contribution in [-0.4, -0.2) is 39.0 Å². The summed E-state index contributed by atoms with van der Waals surface area (Å²) in [5, 5.41) is 8.69. The van der Waals surface area contributed by atoms with E-state index in [9.17, 15) is 14.4 Å². The summed E-state index contributed by atoms with van der Waals surface area (Å²) in [5.74, 6) is -1.28. The van der Waals surface area contributed by atoms with Crippen LogP contribution in [0, 0.1) is 0 Å². The molecule has 0 aliphatic rings. The summed E-state index contributed by atoms with van der Waals surface area (Å²) >= 11 is 0. The predicted molar refractivity (Wildman–Crippen MR) is 70.1 cm³/mol. The van der Waals surface area contributed by atoms with Crippen LogP contribution in [0.15, 0.2) is 23.1 Å². The summed E-state index contributed by atoms with van der Waals surface area (Å²) in [6.07, 6.45) is 1.40. The molecular formula is C13H18N2O4. The highest BCUT2D eigenvalue weighted by molar-refractivity contribution is 5.94. The van der Waals surface area contributed by atoms with Gasteiger partial charge in [0.25, 0.3) is 11.5 Å². The fourth-order valence-electron chi connectivity index (χ4n) is 1.66. The number of aliphatic carboxylic acids is 1. The zero-order valence-electron chi connectivity index (χ0n) is 11.3. The molecule has 0 fully saturated rings. The van der Waals surface area contributed by atoms with Gasteiger partial charge in [0.2, 0.25) is 0 Å². The molecule has 19 heavy (non-hydrogen) atoms. The predicted octanol–water partition coefficient (Wildman–Crippen LogP) is 0.711. The van der Waals surface area contributed by atoms with Crippen molar-refractivity contribution in [3.8, 4) is 0 Å². The highest BCUT2D eigenvalue weighted by Crippen LogP contribution is 2.07. The van der Waals surface area contributed by atoms with Gasteiger partial charge in [-0.2, -0.15) is 0 Å². The van der Waals surface area contributed by atoms with E-state index in [-0.39, 0.29) is 36.0 Å². The lowest BCUT2D eigenvalue weighted by Gasteiger charge is -2.26. The molecule has 1 rings (SSSR count). The van der Waals surface area contributed by atoms with Crippen LogP contribution in [0.1, 0.15) is 30.6 Å². The van der Waals surface area contributed by atoms with E-state index in [0.717, 1.165) is 0 Å². The van der Waals surface area contributed by atoms with Gasteiger partial charge in [-0.1, -0.05) is 0 Å². The smallest absolute Gasteiger partial charge is 0.305 e. The number of rotatable bonds is 5. The zero-order chi connectivity index (χ0) is 14.6. The monoisotopic (exact) mass is 266 g/mol. The van der Waals surface area contributed by atoms with E-state index < -0.39 is 5.97 Å². The summed E-state index contributed by atoms with van der Waals surface area (Å²) in [5.41, 5.74) is 0.00924. The van der Waals surface area contributed by atoms with E-state index in [1.165, 1.54) is 21.7 Å². The van der Waals surface area contributed by atoms with E-state index in [4.69, 9.17) is 5.11 Å². The van der Waals surface area contributed by atoms with Gasteiger partial charge in [-0.3, -0.25) is 14.4 Å². The number of amides is 1. The summed E-state index contributed by atoms with van der Waals surface area (Å²) < 4.78 is 1.37. The van der Waals surface area contributed by atoms with Crippen LogP contribution in [0.2, 0.25) is 0 Å². The van der Waals surface area contributed by atoms with Gasteiger partial charge in [0.05, 0.1) is 6.42 Å². The van der Waals surface area contributed by atoms with Crippen LogP contribution in [-0.2, 0) is 11.8 Å². The zero-order valence-corrected chi connectivity index (χ0v) is 11.3. The summed E-state index contributed by atoms with van der Waals surface area (Å²) in [6, 6.07) is 2.69. The number of carboxylic acids is 1. The minimum atomic E-state index is -0.956. The maximum atomic E-state index is 12.2. The van der Waals surface area contributed by atoms with E-state index in [1.807, 2.05) is 0 Å². The van der Waals surface area contributed by atoms with Gasteiger partial charge < -0.3 is 14.6 Å². The maximum absolute atomic E-state index is 12.2. The molecule has 0 spiro atoms. The number of nitrogens with zero attached hydrogens (tertiary/aromatic N) is 2.